The molecule has 0 saturated carbocycles. The molecule has 0 atom stereocenters. The highest BCUT2D eigenvalue weighted by molar-refractivity contribution is 5.22. The lowest BCUT2D eigenvalue weighted by atomic mass is 10.1. The van der Waals surface area contributed by atoms with E-state index in [1.54, 1.807) is 28.6 Å². The van der Waals surface area contributed by atoms with Crippen molar-refractivity contribution in [3.63, 3.8) is 0 Å². The van der Waals surface area contributed by atoms with Crippen molar-refractivity contribution in [3.8, 4) is 0 Å². The summed E-state index contributed by atoms with van der Waals surface area (Å²) in [7, 11) is 1.75. The quantitative estimate of drug-likeness (QED) is 0.822. The summed E-state index contributed by atoms with van der Waals surface area (Å²) in [5, 5.41) is 0. The van der Waals surface area contributed by atoms with Gasteiger partial charge in [0.2, 0.25) is 0 Å². The topological polar surface area (TPSA) is 52.9 Å². The molecule has 84 valence electrons. The maximum atomic E-state index is 11.6. The Balaban J connectivity index is 2.21. The van der Waals surface area contributed by atoms with E-state index in [9.17, 15) is 4.79 Å². The van der Waals surface area contributed by atoms with Gasteiger partial charge in [0, 0.05) is 26.0 Å². The van der Waals surface area contributed by atoms with E-state index >= 15 is 0 Å². The lowest BCUT2D eigenvalue weighted by Crippen LogP contribution is -2.22. The fourth-order valence-electron chi connectivity index (χ4n) is 1.61. The van der Waals surface area contributed by atoms with E-state index in [4.69, 9.17) is 5.73 Å². The van der Waals surface area contributed by atoms with Crippen molar-refractivity contribution in [3.05, 3.63) is 58.3 Å². The van der Waals surface area contributed by atoms with Gasteiger partial charge in [-0.3, -0.25) is 4.57 Å². The van der Waals surface area contributed by atoms with Crippen LogP contribution in [0.15, 0.2) is 41.5 Å². The van der Waals surface area contributed by atoms with Crippen LogP contribution in [-0.2, 0) is 20.1 Å². The summed E-state index contributed by atoms with van der Waals surface area (Å²) in [5.41, 5.74) is 7.73. The molecule has 0 aliphatic heterocycles. The monoisotopic (exact) mass is 217 g/mol. The molecule has 1 aromatic heterocycles. The van der Waals surface area contributed by atoms with Crippen LogP contribution < -0.4 is 11.4 Å². The Morgan fingerprint density at radius 1 is 1.12 bits per heavy atom. The van der Waals surface area contributed by atoms with Crippen LogP contribution in [0.2, 0.25) is 0 Å². The van der Waals surface area contributed by atoms with Crippen LogP contribution in [-0.4, -0.2) is 9.13 Å². The summed E-state index contributed by atoms with van der Waals surface area (Å²) in [4.78, 5) is 11.6. The number of rotatable bonds is 3. The minimum Gasteiger partial charge on any atom is -0.326 e. The lowest BCUT2D eigenvalue weighted by Gasteiger charge is -2.03. The van der Waals surface area contributed by atoms with Crippen LogP contribution in [0.1, 0.15) is 11.1 Å². The van der Waals surface area contributed by atoms with Crippen LogP contribution in [0.25, 0.3) is 0 Å². The van der Waals surface area contributed by atoms with Gasteiger partial charge in [-0.2, -0.15) is 0 Å². The van der Waals surface area contributed by atoms with Crippen molar-refractivity contribution >= 4 is 0 Å². The Kier molecular flexibility index (Phi) is 2.92. The van der Waals surface area contributed by atoms with Crippen molar-refractivity contribution in [2.24, 2.45) is 12.8 Å². The molecule has 2 aromatic rings. The number of aryl methyl sites for hydroxylation is 1. The average Bonchev–Trinajstić information content (AvgIpc) is 2.62. The van der Waals surface area contributed by atoms with E-state index in [0.29, 0.717) is 13.1 Å². The number of hydrogen-bond donors (Lipinski definition) is 1. The van der Waals surface area contributed by atoms with Gasteiger partial charge >= 0.3 is 5.69 Å². The molecule has 0 radical (unpaired) electrons. The molecular weight excluding hydrogens is 202 g/mol. The fraction of sp³-hybridized carbons (Fsp3) is 0.250. The second-order valence-corrected chi connectivity index (χ2v) is 3.84. The first-order valence-electron chi connectivity index (χ1n) is 5.20. The summed E-state index contributed by atoms with van der Waals surface area (Å²) in [5.74, 6) is 0. The van der Waals surface area contributed by atoms with Gasteiger partial charge < -0.3 is 10.3 Å². The Labute approximate surface area is 93.9 Å². The molecule has 2 rings (SSSR count). The van der Waals surface area contributed by atoms with Crippen molar-refractivity contribution in [1.82, 2.24) is 9.13 Å². The maximum absolute atomic E-state index is 11.6. The zero-order chi connectivity index (χ0) is 11.5. The highest BCUT2D eigenvalue weighted by Crippen LogP contribution is 2.04. The zero-order valence-electron chi connectivity index (χ0n) is 9.26. The van der Waals surface area contributed by atoms with E-state index in [0.717, 1.165) is 11.1 Å². The molecule has 2 N–H and O–H groups in total. The Bertz CT molecular complexity index is 522. The molecular formula is C12H15N3O. The molecule has 1 heterocycles. The summed E-state index contributed by atoms with van der Waals surface area (Å²) >= 11 is 0. The number of aromatic nitrogens is 2. The molecule has 4 heteroatoms. The van der Waals surface area contributed by atoms with E-state index in [-0.39, 0.29) is 5.69 Å². The fourth-order valence-corrected chi connectivity index (χ4v) is 1.61. The molecule has 0 amide bonds. The van der Waals surface area contributed by atoms with E-state index < -0.39 is 0 Å². The highest BCUT2D eigenvalue weighted by Gasteiger charge is 2.00. The van der Waals surface area contributed by atoms with Gasteiger partial charge in [-0.1, -0.05) is 24.3 Å². The van der Waals surface area contributed by atoms with Crippen LogP contribution in [0.4, 0.5) is 0 Å². The SMILES string of the molecule is Cn1ccn(Cc2ccc(CN)cc2)c1=O. The smallest absolute Gasteiger partial charge is 0.326 e. The summed E-state index contributed by atoms with van der Waals surface area (Å²) < 4.78 is 3.24. The van der Waals surface area contributed by atoms with Crippen LogP contribution >= 0.6 is 0 Å². The van der Waals surface area contributed by atoms with E-state index in [2.05, 4.69) is 0 Å². The molecule has 0 fully saturated rings. The van der Waals surface area contributed by atoms with Gasteiger partial charge in [-0.15, -0.1) is 0 Å². The predicted molar refractivity (Wildman–Crippen MR) is 63.1 cm³/mol. The molecule has 0 saturated heterocycles. The molecule has 16 heavy (non-hydrogen) atoms. The van der Waals surface area contributed by atoms with Crippen LogP contribution in [0, 0.1) is 0 Å². The standard InChI is InChI=1S/C12H15N3O/c1-14-6-7-15(12(14)16)9-11-4-2-10(8-13)3-5-11/h2-7H,8-9,13H2,1H3. The first kappa shape index (κ1) is 10.7. The Morgan fingerprint density at radius 2 is 1.75 bits per heavy atom. The first-order valence-corrected chi connectivity index (χ1v) is 5.20. The lowest BCUT2D eigenvalue weighted by molar-refractivity contribution is 0.717. The van der Waals surface area contributed by atoms with Crippen molar-refractivity contribution in [1.29, 1.82) is 0 Å². The third-order valence-electron chi connectivity index (χ3n) is 2.63. The number of imidazole rings is 1. The van der Waals surface area contributed by atoms with Crippen molar-refractivity contribution in [2.45, 2.75) is 13.1 Å². The number of benzene rings is 1. The zero-order valence-corrected chi connectivity index (χ0v) is 9.26. The molecule has 4 nitrogen and oxygen atoms in total. The van der Waals surface area contributed by atoms with E-state index in [1.807, 2.05) is 24.3 Å². The van der Waals surface area contributed by atoms with Gasteiger partial charge in [-0.25, -0.2) is 4.79 Å². The second kappa shape index (κ2) is 4.37. The minimum atomic E-state index is 0.00269. The normalized spacial score (nSPS) is 10.6. The third-order valence-corrected chi connectivity index (χ3v) is 2.63. The summed E-state index contributed by atoms with van der Waals surface area (Å²) in [6.45, 7) is 1.15. The van der Waals surface area contributed by atoms with Gasteiger partial charge in [0.25, 0.3) is 0 Å². The number of nitrogens with zero attached hydrogens (tertiary/aromatic N) is 2. The summed E-state index contributed by atoms with van der Waals surface area (Å²) in [6.07, 6.45) is 3.55. The first-order chi connectivity index (χ1) is 7.70. The number of hydrogen-bond acceptors (Lipinski definition) is 2. The molecule has 0 unspecified atom stereocenters. The third kappa shape index (κ3) is 2.06. The Hall–Kier alpha value is -1.81. The minimum absolute atomic E-state index is 0.00269. The van der Waals surface area contributed by atoms with Crippen molar-refractivity contribution < 1.29 is 0 Å². The Morgan fingerprint density at radius 3 is 2.25 bits per heavy atom. The predicted octanol–water partition coefficient (Wildman–Crippen LogP) is 0.694. The van der Waals surface area contributed by atoms with E-state index in [1.165, 1.54) is 0 Å². The largest absolute Gasteiger partial charge is 0.328 e. The van der Waals surface area contributed by atoms with Crippen LogP contribution in [0.5, 0.6) is 0 Å². The highest BCUT2D eigenvalue weighted by atomic mass is 16.1. The summed E-state index contributed by atoms with van der Waals surface area (Å²) in [6, 6.07) is 7.98. The van der Waals surface area contributed by atoms with Crippen molar-refractivity contribution in [2.75, 3.05) is 0 Å². The average molecular weight is 217 g/mol. The molecule has 1 aromatic carbocycles. The van der Waals surface area contributed by atoms with Gasteiger partial charge in [0.05, 0.1) is 6.54 Å². The van der Waals surface area contributed by atoms with Gasteiger partial charge in [-0.05, 0) is 11.1 Å². The molecule has 0 aliphatic carbocycles. The van der Waals surface area contributed by atoms with Gasteiger partial charge in [0.1, 0.15) is 0 Å². The maximum Gasteiger partial charge on any atom is 0.328 e. The molecule has 0 bridgehead atoms. The van der Waals surface area contributed by atoms with Crippen LogP contribution in [0.3, 0.4) is 0 Å². The number of nitrogens with two attached hydrogens (primary N) is 1. The second-order valence-electron chi connectivity index (χ2n) is 3.84. The molecule has 0 spiro atoms. The van der Waals surface area contributed by atoms with Gasteiger partial charge in [0.15, 0.2) is 0 Å². The molecule has 0 aliphatic rings.